The van der Waals surface area contributed by atoms with E-state index in [9.17, 15) is 0 Å². The summed E-state index contributed by atoms with van der Waals surface area (Å²) in [7, 11) is 0. The van der Waals surface area contributed by atoms with Crippen molar-refractivity contribution in [2.24, 2.45) is 0 Å². The van der Waals surface area contributed by atoms with E-state index < -0.39 is 0 Å². The average molecular weight is 208 g/mol. The Hall–Kier alpha value is -1.08. The Balaban J connectivity index is 0.000000980. The van der Waals surface area contributed by atoms with Crippen LogP contribution >= 0.6 is 0 Å². The van der Waals surface area contributed by atoms with Gasteiger partial charge < -0.3 is 12.4 Å². The highest BCUT2D eigenvalue weighted by atomic mass is 35.5. The Kier molecular flexibility index (Phi) is 3.48. The first-order chi connectivity index (χ1) is 6.33. The molecule has 74 valence electrons. The maximum absolute atomic E-state index is 2.33. The van der Waals surface area contributed by atoms with E-state index in [-0.39, 0.29) is 12.4 Å². The topological polar surface area (TPSA) is 3.88 Å². The van der Waals surface area contributed by atoms with Gasteiger partial charge in [-0.3, -0.25) is 0 Å². The summed E-state index contributed by atoms with van der Waals surface area (Å²) in [6.07, 6.45) is 0. The zero-order chi connectivity index (χ0) is 9.26. The molecule has 0 spiro atoms. The predicted octanol–water partition coefficient (Wildman–Crippen LogP) is -0.540. The van der Waals surface area contributed by atoms with Gasteiger partial charge in [0.1, 0.15) is 6.54 Å². The first kappa shape index (κ1) is 11.0. The minimum Gasteiger partial charge on any atom is -1.00 e. The van der Waals surface area contributed by atoms with Gasteiger partial charge in [0.15, 0.2) is 5.69 Å². The number of aromatic nitrogens is 1. The molecule has 0 fully saturated rings. The molecule has 0 aliphatic carbocycles. The molecule has 2 aromatic rings. The number of para-hydroxylation sites is 1. The molecule has 0 aliphatic heterocycles. The Morgan fingerprint density at radius 2 is 1.79 bits per heavy atom. The summed E-state index contributed by atoms with van der Waals surface area (Å²) in [4.78, 5) is 0. The minimum atomic E-state index is 0. The number of rotatable bonds is 1. The fourth-order valence-corrected chi connectivity index (χ4v) is 1.78. The van der Waals surface area contributed by atoms with Gasteiger partial charge in [-0.2, -0.15) is 4.57 Å². The lowest BCUT2D eigenvalue weighted by molar-refractivity contribution is -0.673. The maximum Gasteiger partial charge on any atom is 0.212 e. The fourth-order valence-electron chi connectivity index (χ4n) is 1.78. The molecule has 0 saturated heterocycles. The summed E-state index contributed by atoms with van der Waals surface area (Å²) in [6.45, 7) is 5.36. The summed E-state index contributed by atoms with van der Waals surface area (Å²) in [6, 6.07) is 12.8. The molecule has 0 amide bonds. The van der Waals surface area contributed by atoms with Gasteiger partial charge in [0.2, 0.25) is 5.52 Å². The van der Waals surface area contributed by atoms with Crippen LogP contribution in [0.1, 0.15) is 12.6 Å². The third kappa shape index (κ3) is 1.73. The second kappa shape index (κ2) is 4.43. The van der Waals surface area contributed by atoms with Gasteiger partial charge in [-0.1, -0.05) is 12.1 Å². The average Bonchev–Trinajstić information content (AvgIpc) is 2.18. The molecule has 1 aromatic carbocycles. The molecule has 1 aromatic heterocycles. The minimum absolute atomic E-state index is 0. The highest BCUT2D eigenvalue weighted by molar-refractivity contribution is 5.75. The maximum atomic E-state index is 2.33. The number of halogens is 1. The quantitative estimate of drug-likeness (QED) is 0.554. The number of nitrogens with zero attached hydrogens (tertiary/aromatic N) is 1. The van der Waals surface area contributed by atoms with Gasteiger partial charge in [0, 0.05) is 24.4 Å². The molecule has 0 aliphatic rings. The van der Waals surface area contributed by atoms with Crippen molar-refractivity contribution in [2.75, 3.05) is 0 Å². The van der Waals surface area contributed by atoms with E-state index in [4.69, 9.17) is 0 Å². The molecule has 0 saturated carbocycles. The van der Waals surface area contributed by atoms with Crippen LogP contribution < -0.4 is 17.0 Å². The van der Waals surface area contributed by atoms with Crippen molar-refractivity contribution >= 4 is 10.9 Å². The summed E-state index contributed by atoms with van der Waals surface area (Å²) in [5.74, 6) is 0. The zero-order valence-corrected chi connectivity index (χ0v) is 9.25. The number of hydrogen-bond acceptors (Lipinski definition) is 0. The number of pyridine rings is 1. The fraction of sp³-hybridized carbons (Fsp3) is 0.250. The molecular formula is C12H14ClN. The van der Waals surface area contributed by atoms with Crippen LogP contribution in [0.4, 0.5) is 0 Å². The largest absolute Gasteiger partial charge is 1.00 e. The zero-order valence-electron chi connectivity index (χ0n) is 8.50. The molecule has 2 heteroatoms. The molecule has 1 nitrogen and oxygen atoms in total. The molecule has 0 atom stereocenters. The molecule has 0 radical (unpaired) electrons. The predicted molar refractivity (Wildman–Crippen MR) is 54.6 cm³/mol. The van der Waals surface area contributed by atoms with E-state index in [0.29, 0.717) is 0 Å². The van der Waals surface area contributed by atoms with Gasteiger partial charge in [0.05, 0.1) is 0 Å². The lowest BCUT2D eigenvalue weighted by Gasteiger charge is -2.01. The van der Waals surface area contributed by atoms with Crippen molar-refractivity contribution in [1.82, 2.24) is 0 Å². The van der Waals surface area contributed by atoms with Crippen LogP contribution in [0.5, 0.6) is 0 Å². The highest BCUT2D eigenvalue weighted by Crippen LogP contribution is 2.09. The van der Waals surface area contributed by atoms with Crippen LogP contribution in [0, 0.1) is 6.92 Å². The van der Waals surface area contributed by atoms with Crippen molar-refractivity contribution in [1.29, 1.82) is 0 Å². The van der Waals surface area contributed by atoms with E-state index >= 15 is 0 Å². The van der Waals surface area contributed by atoms with E-state index in [2.05, 4.69) is 54.8 Å². The van der Waals surface area contributed by atoms with Gasteiger partial charge in [-0.15, -0.1) is 0 Å². The number of hydrogen-bond donors (Lipinski definition) is 0. The molecule has 0 N–H and O–H groups in total. The van der Waals surface area contributed by atoms with E-state index in [1.54, 1.807) is 0 Å². The smallest absolute Gasteiger partial charge is 0.212 e. The van der Waals surface area contributed by atoms with Crippen molar-refractivity contribution in [3.8, 4) is 0 Å². The van der Waals surface area contributed by atoms with Crippen LogP contribution in [0.2, 0.25) is 0 Å². The van der Waals surface area contributed by atoms with E-state index in [1.807, 2.05) is 0 Å². The van der Waals surface area contributed by atoms with Crippen LogP contribution in [0.25, 0.3) is 10.9 Å². The number of fused-ring (bicyclic) bond motifs is 1. The van der Waals surface area contributed by atoms with Gasteiger partial charge >= 0.3 is 0 Å². The summed E-state index contributed by atoms with van der Waals surface area (Å²) in [5, 5.41) is 1.31. The van der Waals surface area contributed by atoms with Crippen molar-refractivity contribution in [2.45, 2.75) is 20.4 Å². The lowest BCUT2D eigenvalue weighted by Crippen LogP contribution is -3.00. The number of benzene rings is 1. The van der Waals surface area contributed by atoms with E-state index in [1.165, 1.54) is 16.6 Å². The van der Waals surface area contributed by atoms with Crippen LogP contribution in [0.3, 0.4) is 0 Å². The Morgan fingerprint density at radius 3 is 2.50 bits per heavy atom. The normalized spacial score (nSPS) is 9.86. The number of aryl methyl sites for hydroxylation is 2. The SMILES string of the molecule is CC[n+]1c(C)ccc2ccccc21.[Cl-]. The van der Waals surface area contributed by atoms with Crippen molar-refractivity contribution in [3.05, 3.63) is 42.1 Å². The van der Waals surface area contributed by atoms with Crippen LogP contribution in [-0.4, -0.2) is 0 Å². The molecule has 14 heavy (non-hydrogen) atoms. The summed E-state index contributed by atoms with van der Waals surface area (Å²) in [5.41, 5.74) is 2.64. The third-order valence-corrected chi connectivity index (χ3v) is 2.47. The van der Waals surface area contributed by atoms with Crippen molar-refractivity contribution in [3.63, 3.8) is 0 Å². The Morgan fingerprint density at radius 1 is 1.07 bits per heavy atom. The first-order valence-corrected chi connectivity index (χ1v) is 4.71. The lowest BCUT2D eigenvalue weighted by atomic mass is 10.2. The van der Waals surface area contributed by atoms with Crippen molar-refractivity contribution < 1.29 is 17.0 Å². The second-order valence-corrected chi connectivity index (χ2v) is 3.28. The van der Waals surface area contributed by atoms with Gasteiger partial charge in [0.25, 0.3) is 0 Å². The second-order valence-electron chi connectivity index (χ2n) is 3.28. The molecule has 0 bridgehead atoms. The Bertz CT molecular complexity index is 437. The summed E-state index contributed by atoms with van der Waals surface area (Å²) < 4.78 is 2.33. The standard InChI is InChI=1S/C12H14N.ClH/c1-3-13-10(2)8-9-11-6-4-5-7-12(11)13;/h4-9H,3H2,1-2H3;1H/q+1;/p-1. The van der Waals surface area contributed by atoms with Crippen LogP contribution in [0.15, 0.2) is 36.4 Å². The molecule has 0 unspecified atom stereocenters. The Labute approximate surface area is 90.8 Å². The van der Waals surface area contributed by atoms with Gasteiger partial charge in [-0.25, -0.2) is 0 Å². The van der Waals surface area contributed by atoms with Crippen LogP contribution in [-0.2, 0) is 6.54 Å². The first-order valence-electron chi connectivity index (χ1n) is 4.71. The monoisotopic (exact) mass is 207 g/mol. The molecule has 2 rings (SSSR count). The van der Waals surface area contributed by atoms with E-state index in [0.717, 1.165) is 6.54 Å². The molecule has 1 heterocycles. The summed E-state index contributed by atoms with van der Waals surface area (Å²) >= 11 is 0. The molecular weight excluding hydrogens is 194 g/mol. The highest BCUT2D eigenvalue weighted by Gasteiger charge is 2.08. The third-order valence-electron chi connectivity index (χ3n) is 2.47. The van der Waals surface area contributed by atoms with Gasteiger partial charge in [-0.05, 0) is 19.1 Å².